The highest BCUT2D eigenvalue weighted by Gasteiger charge is 2.09. The van der Waals surface area contributed by atoms with Crippen molar-refractivity contribution in [2.24, 2.45) is 10.9 Å². The molecule has 0 bridgehead atoms. The van der Waals surface area contributed by atoms with Crippen LogP contribution in [0.2, 0.25) is 5.15 Å². The summed E-state index contributed by atoms with van der Waals surface area (Å²) in [5.74, 6) is -0.634. The first kappa shape index (κ1) is 9.31. The molecule has 1 rings (SSSR count). The van der Waals surface area contributed by atoms with Crippen molar-refractivity contribution < 1.29 is 4.79 Å². The monoisotopic (exact) mass is 203 g/mol. The van der Waals surface area contributed by atoms with Gasteiger partial charge in [0.2, 0.25) is 0 Å². The van der Waals surface area contributed by atoms with Gasteiger partial charge in [-0.3, -0.25) is 9.93 Å². The molecule has 1 heterocycles. The lowest BCUT2D eigenvalue weighted by molar-refractivity contribution is 0.0992. The number of hydrogen-bond acceptors (Lipinski definition) is 4. The van der Waals surface area contributed by atoms with Gasteiger partial charge in [0.05, 0.1) is 4.90 Å². The summed E-state index contributed by atoms with van der Waals surface area (Å²) < 4.78 is 0. The third-order valence-electron chi connectivity index (χ3n) is 1.18. The number of carbonyl (C=O) groups excluding carboxylic acids is 1. The van der Waals surface area contributed by atoms with Crippen molar-refractivity contribution in [1.29, 1.82) is 0 Å². The zero-order chi connectivity index (χ0) is 9.14. The van der Waals surface area contributed by atoms with Crippen LogP contribution in [0.1, 0.15) is 10.5 Å². The fourth-order valence-electron chi connectivity index (χ4n) is 0.694. The molecule has 12 heavy (non-hydrogen) atoms. The third-order valence-corrected chi connectivity index (χ3v) is 1.98. The quantitative estimate of drug-likeness (QED) is 0.550. The molecule has 64 valence electrons. The molecule has 0 radical (unpaired) electrons. The van der Waals surface area contributed by atoms with Gasteiger partial charge in [-0.05, 0) is 24.1 Å². The molecule has 1 aromatic rings. The Kier molecular flexibility index (Phi) is 2.91. The van der Waals surface area contributed by atoms with Crippen LogP contribution in [-0.4, -0.2) is 10.9 Å². The molecule has 0 aromatic carbocycles. The van der Waals surface area contributed by atoms with Crippen molar-refractivity contribution in [1.82, 2.24) is 4.98 Å². The van der Waals surface area contributed by atoms with Crippen molar-refractivity contribution >= 4 is 29.5 Å². The average molecular weight is 204 g/mol. The van der Waals surface area contributed by atoms with Crippen molar-refractivity contribution in [2.75, 3.05) is 0 Å². The molecule has 4 nitrogen and oxygen atoms in total. The minimum Gasteiger partial charge on any atom is -0.364 e. The number of amides is 1. The van der Waals surface area contributed by atoms with Crippen LogP contribution in [-0.2, 0) is 0 Å². The molecule has 6 heteroatoms. The summed E-state index contributed by atoms with van der Waals surface area (Å²) in [6.07, 6.45) is 0. The fourth-order valence-corrected chi connectivity index (χ4v) is 1.25. The Bertz CT molecular complexity index is 318. The van der Waals surface area contributed by atoms with E-state index in [1.165, 1.54) is 0 Å². The second kappa shape index (κ2) is 3.75. The summed E-state index contributed by atoms with van der Waals surface area (Å²) in [6.45, 7) is 0. The number of carbonyl (C=O) groups is 1. The highest BCUT2D eigenvalue weighted by Crippen LogP contribution is 2.18. The summed E-state index contributed by atoms with van der Waals surface area (Å²) in [5.41, 5.74) is 5.14. The van der Waals surface area contributed by atoms with E-state index in [0.717, 1.165) is 11.9 Å². The van der Waals surface area contributed by atoms with Crippen LogP contribution in [0, 0.1) is 0 Å². The van der Waals surface area contributed by atoms with E-state index in [4.69, 9.17) is 22.5 Å². The molecule has 0 aliphatic rings. The van der Waals surface area contributed by atoms with E-state index in [-0.39, 0.29) is 10.8 Å². The standard InChI is InChI=1S/C6H6ClN3OS/c7-4-2-1-3(12-9)5(10-4)6(8)11/h1-2H,9H2,(H2,8,11). The lowest BCUT2D eigenvalue weighted by Crippen LogP contribution is -2.14. The molecular formula is C6H6ClN3OS. The number of nitrogens with zero attached hydrogens (tertiary/aromatic N) is 1. The minimum atomic E-state index is -0.634. The molecule has 1 aromatic heterocycles. The number of pyridine rings is 1. The first-order valence-electron chi connectivity index (χ1n) is 2.98. The Morgan fingerprint density at radius 2 is 2.25 bits per heavy atom. The van der Waals surface area contributed by atoms with E-state index >= 15 is 0 Å². The van der Waals surface area contributed by atoms with Gasteiger partial charge in [0.1, 0.15) is 10.8 Å². The summed E-state index contributed by atoms with van der Waals surface area (Å²) in [4.78, 5) is 15.0. The Morgan fingerprint density at radius 3 is 2.75 bits per heavy atom. The van der Waals surface area contributed by atoms with Crippen LogP contribution >= 0.6 is 23.5 Å². The molecule has 4 N–H and O–H groups in total. The highest BCUT2D eigenvalue weighted by atomic mass is 35.5. The fraction of sp³-hybridized carbons (Fsp3) is 0. The van der Waals surface area contributed by atoms with E-state index < -0.39 is 5.91 Å². The second-order valence-corrected chi connectivity index (χ2v) is 3.03. The van der Waals surface area contributed by atoms with E-state index in [2.05, 4.69) is 4.98 Å². The largest absolute Gasteiger partial charge is 0.364 e. The number of nitrogens with two attached hydrogens (primary N) is 2. The molecule has 0 aliphatic carbocycles. The third kappa shape index (κ3) is 1.88. The zero-order valence-electron chi connectivity index (χ0n) is 5.95. The van der Waals surface area contributed by atoms with Gasteiger partial charge in [0.25, 0.3) is 5.91 Å². The van der Waals surface area contributed by atoms with Crippen molar-refractivity contribution in [3.63, 3.8) is 0 Å². The second-order valence-electron chi connectivity index (χ2n) is 1.96. The number of hydrogen-bond donors (Lipinski definition) is 2. The predicted octanol–water partition coefficient (Wildman–Crippen LogP) is 0.800. The lowest BCUT2D eigenvalue weighted by atomic mass is 10.3. The van der Waals surface area contributed by atoms with E-state index in [1.807, 2.05) is 0 Å². The molecule has 0 saturated carbocycles. The van der Waals surface area contributed by atoms with Crippen LogP contribution < -0.4 is 10.9 Å². The molecule has 1 amide bonds. The topological polar surface area (TPSA) is 82.0 Å². The van der Waals surface area contributed by atoms with Crippen molar-refractivity contribution in [3.05, 3.63) is 23.0 Å². The van der Waals surface area contributed by atoms with Crippen LogP contribution in [0.5, 0.6) is 0 Å². The number of aromatic nitrogens is 1. The molecule has 0 fully saturated rings. The van der Waals surface area contributed by atoms with Gasteiger partial charge in [-0.2, -0.15) is 0 Å². The van der Waals surface area contributed by atoms with Crippen LogP contribution in [0.4, 0.5) is 0 Å². The molecule has 0 unspecified atom stereocenters. The van der Waals surface area contributed by atoms with Gasteiger partial charge in [0, 0.05) is 0 Å². The maximum atomic E-state index is 10.8. The molecule has 0 aliphatic heterocycles. The normalized spacial score (nSPS) is 9.83. The first-order chi connectivity index (χ1) is 5.65. The number of primary amides is 1. The van der Waals surface area contributed by atoms with E-state index in [0.29, 0.717) is 4.90 Å². The van der Waals surface area contributed by atoms with E-state index in [9.17, 15) is 4.79 Å². The summed E-state index contributed by atoms with van der Waals surface area (Å²) in [5, 5.41) is 5.49. The van der Waals surface area contributed by atoms with Crippen LogP contribution in [0.25, 0.3) is 0 Å². The lowest BCUT2D eigenvalue weighted by Gasteiger charge is -2.01. The maximum Gasteiger partial charge on any atom is 0.268 e. The summed E-state index contributed by atoms with van der Waals surface area (Å²) >= 11 is 6.46. The minimum absolute atomic E-state index is 0.106. The zero-order valence-corrected chi connectivity index (χ0v) is 7.52. The predicted molar refractivity (Wildman–Crippen MR) is 47.8 cm³/mol. The van der Waals surface area contributed by atoms with Gasteiger partial charge in [-0.15, -0.1) is 0 Å². The smallest absolute Gasteiger partial charge is 0.268 e. The van der Waals surface area contributed by atoms with Gasteiger partial charge in [0.15, 0.2) is 0 Å². The molecule has 0 atom stereocenters. The average Bonchev–Trinajstić information content (AvgIpc) is 2.04. The Balaban J connectivity index is 3.21. The van der Waals surface area contributed by atoms with Gasteiger partial charge in [-0.1, -0.05) is 11.6 Å². The Morgan fingerprint density at radius 1 is 1.58 bits per heavy atom. The Hall–Kier alpha value is -0.780. The van der Waals surface area contributed by atoms with Crippen molar-refractivity contribution in [2.45, 2.75) is 4.90 Å². The SMILES string of the molecule is NSc1ccc(Cl)nc1C(N)=O. The van der Waals surface area contributed by atoms with Crippen LogP contribution in [0.3, 0.4) is 0 Å². The van der Waals surface area contributed by atoms with Crippen molar-refractivity contribution in [3.8, 4) is 0 Å². The number of halogens is 1. The molecule has 0 saturated heterocycles. The maximum absolute atomic E-state index is 10.8. The van der Waals surface area contributed by atoms with Gasteiger partial charge < -0.3 is 5.73 Å². The summed E-state index contributed by atoms with van der Waals surface area (Å²) in [7, 11) is 0. The molecule has 0 spiro atoms. The highest BCUT2D eigenvalue weighted by molar-refractivity contribution is 7.97. The van der Waals surface area contributed by atoms with Crippen LogP contribution in [0.15, 0.2) is 17.0 Å². The van der Waals surface area contributed by atoms with E-state index in [1.54, 1.807) is 12.1 Å². The first-order valence-corrected chi connectivity index (χ1v) is 4.24. The molecular weight excluding hydrogens is 198 g/mol. The number of rotatable bonds is 2. The summed E-state index contributed by atoms with van der Waals surface area (Å²) in [6, 6.07) is 3.14. The van der Waals surface area contributed by atoms with Gasteiger partial charge >= 0.3 is 0 Å². The van der Waals surface area contributed by atoms with Gasteiger partial charge in [-0.25, -0.2) is 4.98 Å². The Labute approximate surface area is 78.4 Å².